The van der Waals surface area contributed by atoms with Gasteiger partial charge in [0.15, 0.2) is 11.5 Å². The monoisotopic (exact) mass is 257 g/mol. The molecule has 0 aliphatic carbocycles. The van der Waals surface area contributed by atoms with Crippen molar-refractivity contribution in [3.63, 3.8) is 0 Å². The summed E-state index contributed by atoms with van der Waals surface area (Å²) in [5.74, 6) is 2.24. The number of benzene rings is 1. The number of hydrogen-bond acceptors (Lipinski definition) is 5. The summed E-state index contributed by atoms with van der Waals surface area (Å²) in [6.45, 7) is 1.99. The highest BCUT2D eigenvalue weighted by Gasteiger charge is 2.14. The van der Waals surface area contributed by atoms with E-state index >= 15 is 0 Å². The van der Waals surface area contributed by atoms with Crippen LogP contribution in [0.15, 0.2) is 36.7 Å². The van der Waals surface area contributed by atoms with Gasteiger partial charge in [-0.3, -0.25) is 0 Å². The molecule has 0 saturated carbocycles. The molecule has 5 heteroatoms. The van der Waals surface area contributed by atoms with Gasteiger partial charge in [0.1, 0.15) is 0 Å². The number of nitrogens with one attached hydrogen (secondary N) is 1. The maximum Gasteiger partial charge on any atom is 0.222 e. The molecular weight excluding hydrogens is 242 g/mol. The number of hydrogen-bond donors (Lipinski definition) is 1. The fourth-order valence-corrected chi connectivity index (χ4v) is 1.96. The summed E-state index contributed by atoms with van der Waals surface area (Å²) in [5.41, 5.74) is 1.05. The Morgan fingerprint density at radius 3 is 2.79 bits per heavy atom. The zero-order valence-corrected chi connectivity index (χ0v) is 10.5. The van der Waals surface area contributed by atoms with Crippen molar-refractivity contribution in [2.75, 3.05) is 18.5 Å². The van der Waals surface area contributed by atoms with Crippen molar-refractivity contribution >= 4 is 5.95 Å². The highest BCUT2D eigenvalue weighted by atomic mass is 16.5. The SMILES string of the molecule is c1cnc(NCc2cccc3c2OCCCO3)nc1. The molecule has 5 nitrogen and oxygen atoms in total. The van der Waals surface area contributed by atoms with Crippen LogP contribution in [0.5, 0.6) is 11.5 Å². The molecule has 0 bridgehead atoms. The molecule has 0 atom stereocenters. The standard InChI is InChI=1S/C14H15N3O2/c1-4-11(10-17-14-15-6-2-7-16-14)13-12(5-1)18-8-3-9-19-13/h1-2,4-7H,3,8-10H2,(H,15,16,17). The summed E-state index contributed by atoms with van der Waals surface area (Å²) >= 11 is 0. The number of ether oxygens (including phenoxy) is 2. The van der Waals surface area contributed by atoms with Crippen molar-refractivity contribution < 1.29 is 9.47 Å². The van der Waals surface area contributed by atoms with E-state index in [0.29, 0.717) is 25.7 Å². The van der Waals surface area contributed by atoms with E-state index in [1.54, 1.807) is 18.5 Å². The smallest absolute Gasteiger partial charge is 0.222 e. The van der Waals surface area contributed by atoms with Gasteiger partial charge in [0.05, 0.1) is 13.2 Å². The number of nitrogens with zero attached hydrogens (tertiary/aromatic N) is 2. The molecule has 98 valence electrons. The minimum Gasteiger partial charge on any atom is -0.490 e. The summed E-state index contributed by atoms with van der Waals surface area (Å²) in [4.78, 5) is 8.26. The number of fused-ring (bicyclic) bond motifs is 1. The Kier molecular flexibility index (Phi) is 3.45. The van der Waals surface area contributed by atoms with Crippen LogP contribution in [0, 0.1) is 0 Å². The highest BCUT2D eigenvalue weighted by Crippen LogP contribution is 2.33. The van der Waals surface area contributed by atoms with Crippen molar-refractivity contribution in [3.05, 3.63) is 42.2 Å². The Balaban J connectivity index is 1.78. The molecule has 0 saturated heterocycles. The van der Waals surface area contributed by atoms with Crippen LogP contribution < -0.4 is 14.8 Å². The van der Waals surface area contributed by atoms with Crippen molar-refractivity contribution in [1.82, 2.24) is 9.97 Å². The average Bonchev–Trinajstić information content (AvgIpc) is 2.72. The largest absolute Gasteiger partial charge is 0.490 e. The van der Waals surface area contributed by atoms with E-state index in [-0.39, 0.29) is 0 Å². The first kappa shape index (κ1) is 11.8. The van der Waals surface area contributed by atoms with Crippen LogP contribution in [0.2, 0.25) is 0 Å². The molecule has 1 aliphatic heterocycles. The average molecular weight is 257 g/mol. The van der Waals surface area contributed by atoms with Crippen LogP contribution in [0.3, 0.4) is 0 Å². The predicted molar refractivity (Wildman–Crippen MR) is 71.4 cm³/mol. The van der Waals surface area contributed by atoms with Gasteiger partial charge in [-0.05, 0) is 12.1 Å². The van der Waals surface area contributed by atoms with E-state index in [4.69, 9.17) is 9.47 Å². The number of aromatic nitrogens is 2. The molecule has 1 N–H and O–H groups in total. The summed E-state index contributed by atoms with van der Waals surface area (Å²) in [6.07, 6.45) is 4.32. The Labute approximate surface area is 111 Å². The maximum atomic E-state index is 5.76. The molecule has 0 spiro atoms. The van der Waals surface area contributed by atoms with Gasteiger partial charge < -0.3 is 14.8 Å². The van der Waals surface area contributed by atoms with Crippen molar-refractivity contribution in [3.8, 4) is 11.5 Å². The Hall–Kier alpha value is -2.30. The van der Waals surface area contributed by atoms with E-state index in [2.05, 4.69) is 15.3 Å². The fraction of sp³-hybridized carbons (Fsp3) is 0.286. The lowest BCUT2D eigenvalue weighted by Gasteiger charge is -2.12. The first-order valence-electron chi connectivity index (χ1n) is 6.32. The fourth-order valence-electron chi connectivity index (χ4n) is 1.96. The molecule has 1 aromatic carbocycles. The van der Waals surface area contributed by atoms with Gasteiger partial charge in [0.2, 0.25) is 5.95 Å². The molecule has 0 unspecified atom stereocenters. The van der Waals surface area contributed by atoms with Gasteiger partial charge in [-0.2, -0.15) is 0 Å². The summed E-state index contributed by atoms with van der Waals surface area (Å²) in [7, 11) is 0. The van der Waals surface area contributed by atoms with Gasteiger partial charge in [0.25, 0.3) is 0 Å². The minimum atomic E-state index is 0.606. The molecule has 0 radical (unpaired) electrons. The van der Waals surface area contributed by atoms with Crippen LogP contribution in [0.1, 0.15) is 12.0 Å². The summed E-state index contributed by atoms with van der Waals surface area (Å²) < 4.78 is 11.4. The molecule has 1 aliphatic rings. The summed E-state index contributed by atoms with van der Waals surface area (Å²) in [6, 6.07) is 7.71. The third kappa shape index (κ3) is 2.76. The minimum absolute atomic E-state index is 0.606. The van der Waals surface area contributed by atoms with Crippen molar-refractivity contribution in [2.45, 2.75) is 13.0 Å². The van der Waals surface area contributed by atoms with Crippen LogP contribution in [0.25, 0.3) is 0 Å². The van der Waals surface area contributed by atoms with E-state index in [1.807, 2.05) is 18.2 Å². The second kappa shape index (κ2) is 5.56. The Bertz CT molecular complexity index is 546. The van der Waals surface area contributed by atoms with E-state index in [0.717, 1.165) is 23.5 Å². The lowest BCUT2D eigenvalue weighted by atomic mass is 10.2. The molecule has 2 aromatic rings. The molecule has 1 aromatic heterocycles. The second-order valence-electron chi connectivity index (χ2n) is 4.22. The van der Waals surface area contributed by atoms with Crippen molar-refractivity contribution in [1.29, 1.82) is 0 Å². The molecule has 19 heavy (non-hydrogen) atoms. The third-order valence-corrected chi connectivity index (χ3v) is 2.86. The number of para-hydroxylation sites is 1. The second-order valence-corrected chi connectivity index (χ2v) is 4.22. The van der Waals surface area contributed by atoms with Crippen LogP contribution in [-0.4, -0.2) is 23.2 Å². The molecular formula is C14H15N3O2. The van der Waals surface area contributed by atoms with Gasteiger partial charge in [0, 0.05) is 30.9 Å². The quantitative estimate of drug-likeness (QED) is 0.914. The predicted octanol–water partition coefficient (Wildman–Crippen LogP) is 2.25. The van der Waals surface area contributed by atoms with Crippen molar-refractivity contribution in [2.24, 2.45) is 0 Å². The molecule has 0 fully saturated rings. The zero-order valence-electron chi connectivity index (χ0n) is 10.5. The first-order chi connectivity index (χ1) is 9.43. The van der Waals surface area contributed by atoms with Gasteiger partial charge in [-0.15, -0.1) is 0 Å². The van der Waals surface area contributed by atoms with Gasteiger partial charge in [-0.25, -0.2) is 9.97 Å². The number of rotatable bonds is 3. The molecule has 2 heterocycles. The topological polar surface area (TPSA) is 56.3 Å². The molecule has 3 rings (SSSR count). The van der Waals surface area contributed by atoms with E-state index in [9.17, 15) is 0 Å². The normalized spacial score (nSPS) is 13.7. The van der Waals surface area contributed by atoms with Crippen LogP contribution in [-0.2, 0) is 6.54 Å². The first-order valence-corrected chi connectivity index (χ1v) is 6.32. The Morgan fingerprint density at radius 2 is 1.89 bits per heavy atom. The lowest BCUT2D eigenvalue weighted by Crippen LogP contribution is -2.05. The number of anilines is 1. The maximum absolute atomic E-state index is 5.76. The summed E-state index contributed by atoms with van der Waals surface area (Å²) in [5, 5.41) is 3.17. The van der Waals surface area contributed by atoms with E-state index in [1.165, 1.54) is 0 Å². The van der Waals surface area contributed by atoms with E-state index < -0.39 is 0 Å². The zero-order chi connectivity index (χ0) is 12.9. The van der Waals surface area contributed by atoms with Gasteiger partial charge >= 0.3 is 0 Å². The Morgan fingerprint density at radius 1 is 1.05 bits per heavy atom. The van der Waals surface area contributed by atoms with Gasteiger partial charge in [-0.1, -0.05) is 12.1 Å². The third-order valence-electron chi connectivity index (χ3n) is 2.86. The highest BCUT2D eigenvalue weighted by molar-refractivity contribution is 5.48. The van der Waals surface area contributed by atoms with Crippen LogP contribution in [0.4, 0.5) is 5.95 Å². The molecule has 0 amide bonds. The lowest BCUT2D eigenvalue weighted by molar-refractivity contribution is 0.296. The van der Waals surface area contributed by atoms with Crippen LogP contribution >= 0.6 is 0 Å².